The summed E-state index contributed by atoms with van der Waals surface area (Å²) >= 11 is 0. The number of esters is 1. The van der Waals surface area contributed by atoms with Gasteiger partial charge in [-0.2, -0.15) is 0 Å². The molecule has 0 aliphatic rings. The molecule has 7 nitrogen and oxygen atoms in total. The molecule has 0 bridgehead atoms. The van der Waals surface area contributed by atoms with E-state index in [1.54, 1.807) is 30.3 Å². The zero-order valence-corrected chi connectivity index (χ0v) is 11.6. The van der Waals surface area contributed by atoms with Crippen LogP contribution in [-0.2, 0) is 11.3 Å². The molecule has 0 aliphatic heterocycles. The SMILES string of the molecule is COC(=O)c1ccc(Cn2c(O)c(N=O)c3ccccc32)o1. The molecule has 7 heteroatoms. The van der Waals surface area contributed by atoms with Crippen molar-refractivity contribution < 1.29 is 19.1 Å². The number of fused-ring (bicyclic) bond motifs is 1. The van der Waals surface area contributed by atoms with Gasteiger partial charge in [-0.15, -0.1) is 4.91 Å². The quantitative estimate of drug-likeness (QED) is 0.590. The first-order valence-electron chi connectivity index (χ1n) is 6.46. The van der Waals surface area contributed by atoms with E-state index in [4.69, 9.17) is 4.42 Å². The van der Waals surface area contributed by atoms with Gasteiger partial charge in [-0.05, 0) is 23.4 Å². The Morgan fingerprint density at radius 1 is 1.32 bits per heavy atom. The second kappa shape index (κ2) is 5.36. The number of carbonyl (C=O) groups is 1. The molecule has 0 aliphatic carbocycles. The molecule has 3 rings (SSSR count). The van der Waals surface area contributed by atoms with Crippen molar-refractivity contribution in [3.8, 4) is 5.88 Å². The van der Waals surface area contributed by atoms with E-state index in [1.807, 2.05) is 0 Å². The topological polar surface area (TPSA) is 94.0 Å². The average Bonchev–Trinajstić information content (AvgIpc) is 3.11. The lowest BCUT2D eigenvalue weighted by Gasteiger charge is -2.04. The van der Waals surface area contributed by atoms with Crippen molar-refractivity contribution in [1.82, 2.24) is 4.57 Å². The summed E-state index contributed by atoms with van der Waals surface area (Å²) in [6, 6.07) is 10.1. The number of aromatic nitrogens is 1. The highest BCUT2D eigenvalue weighted by Gasteiger charge is 2.19. The zero-order valence-electron chi connectivity index (χ0n) is 11.6. The number of para-hydroxylation sites is 1. The van der Waals surface area contributed by atoms with Gasteiger partial charge in [0.1, 0.15) is 5.76 Å². The molecule has 1 N–H and O–H groups in total. The third-order valence-corrected chi connectivity index (χ3v) is 3.37. The maximum Gasteiger partial charge on any atom is 0.373 e. The van der Waals surface area contributed by atoms with E-state index in [9.17, 15) is 14.8 Å². The lowest BCUT2D eigenvalue weighted by molar-refractivity contribution is 0.0563. The second-order valence-electron chi connectivity index (χ2n) is 4.62. The summed E-state index contributed by atoms with van der Waals surface area (Å²) in [6.07, 6.45) is 0. The smallest absolute Gasteiger partial charge is 0.373 e. The van der Waals surface area contributed by atoms with Gasteiger partial charge < -0.3 is 18.8 Å². The summed E-state index contributed by atoms with van der Waals surface area (Å²) in [5.74, 6) is -0.314. The third-order valence-electron chi connectivity index (χ3n) is 3.37. The van der Waals surface area contributed by atoms with Crippen LogP contribution in [0.4, 0.5) is 5.69 Å². The Kier molecular flexibility index (Phi) is 3.38. The summed E-state index contributed by atoms with van der Waals surface area (Å²) in [7, 11) is 1.26. The molecule has 112 valence electrons. The van der Waals surface area contributed by atoms with Crippen LogP contribution in [0.2, 0.25) is 0 Å². The Balaban J connectivity index is 2.04. The van der Waals surface area contributed by atoms with E-state index >= 15 is 0 Å². The molecule has 0 amide bonds. The van der Waals surface area contributed by atoms with E-state index in [1.165, 1.54) is 17.7 Å². The summed E-state index contributed by atoms with van der Waals surface area (Å²) in [5.41, 5.74) is 0.626. The summed E-state index contributed by atoms with van der Waals surface area (Å²) in [4.78, 5) is 22.3. The van der Waals surface area contributed by atoms with Gasteiger partial charge in [-0.25, -0.2) is 4.79 Å². The van der Waals surface area contributed by atoms with Crippen LogP contribution >= 0.6 is 0 Å². The molecular formula is C15H12N2O5. The predicted molar refractivity (Wildman–Crippen MR) is 78.2 cm³/mol. The fourth-order valence-electron chi connectivity index (χ4n) is 2.35. The monoisotopic (exact) mass is 300 g/mol. The molecule has 0 atom stereocenters. The van der Waals surface area contributed by atoms with Crippen LogP contribution in [0.1, 0.15) is 16.3 Å². The normalized spacial score (nSPS) is 10.8. The minimum absolute atomic E-state index is 0.0182. The third kappa shape index (κ3) is 2.12. The molecule has 2 heterocycles. The number of rotatable bonds is 4. The number of ether oxygens (including phenoxy) is 1. The molecule has 3 aromatic rings. The zero-order chi connectivity index (χ0) is 15.7. The maximum absolute atomic E-state index is 11.4. The molecule has 0 fully saturated rings. The number of furan rings is 1. The molecule has 0 spiro atoms. The van der Waals surface area contributed by atoms with Gasteiger partial charge in [0.2, 0.25) is 11.6 Å². The Bertz CT molecular complexity index is 862. The summed E-state index contributed by atoms with van der Waals surface area (Å²) < 4.78 is 11.4. The van der Waals surface area contributed by atoms with E-state index in [-0.39, 0.29) is 23.9 Å². The molecule has 0 saturated heterocycles. The van der Waals surface area contributed by atoms with Crippen LogP contribution in [-0.4, -0.2) is 22.8 Å². The van der Waals surface area contributed by atoms with E-state index < -0.39 is 5.97 Å². The van der Waals surface area contributed by atoms with Crippen LogP contribution in [0.15, 0.2) is 46.0 Å². The van der Waals surface area contributed by atoms with E-state index in [2.05, 4.69) is 9.91 Å². The highest BCUT2D eigenvalue weighted by molar-refractivity contribution is 5.95. The molecule has 1 aromatic carbocycles. The molecule has 22 heavy (non-hydrogen) atoms. The minimum Gasteiger partial charge on any atom is -0.493 e. The minimum atomic E-state index is -0.580. The van der Waals surface area contributed by atoms with Crippen LogP contribution < -0.4 is 0 Å². The molecule has 0 radical (unpaired) electrons. The number of nitrogens with zero attached hydrogens (tertiary/aromatic N) is 2. The van der Waals surface area contributed by atoms with Crippen molar-refractivity contribution in [2.75, 3.05) is 7.11 Å². The van der Waals surface area contributed by atoms with Crippen LogP contribution in [0.5, 0.6) is 5.88 Å². The largest absolute Gasteiger partial charge is 0.493 e. The number of aromatic hydroxyl groups is 1. The highest BCUT2D eigenvalue weighted by atomic mass is 16.5. The second-order valence-corrected chi connectivity index (χ2v) is 4.62. The Labute approximate surface area is 124 Å². The Morgan fingerprint density at radius 2 is 2.09 bits per heavy atom. The number of hydrogen-bond acceptors (Lipinski definition) is 6. The first kappa shape index (κ1) is 13.9. The number of nitroso groups, excluding NO2 is 1. The van der Waals surface area contributed by atoms with Gasteiger partial charge in [-0.3, -0.25) is 0 Å². The van der Waals surface area contributed by atoms with Crippen molar-refractivity contribution in [3.05, 3.63) is 52.8 Å². The van der Waals surface area contributed by atoms with E-state index in [0.29, 0.717) is 16.7 Å². The lowest BCUT2D eigenvalue weighted by Crippen LogP contribution is -2.00. The van der Waals surface area contributed by atoms with Gasteiger partial charge in [0.05, 0.1) is 19.2 Å². The summed E-state index contributed by atoms with van der Waals surface area (Å²) in [6.45, 7) is 0.152. The highest BCUT2D eigenvalue weighted by Crippen LogP contribution is 2.38. The van der Waals surface area contributed by atoms with Crippen molar-refractivity contribution in [2.45, 2.75) is 6.54 Å². The predicted octanol–water partition coefficient (Wildman–Crippen LogP) is 3.17. The van der Waals surface area contributed by atoms with Crippen molar-refractivity contribution in [3.63, 3.8) is 0 Å². The number of benzene rings is 1. The molecule has 2 aromatic heterocycles. The fourth-order valence-corrected chi connectivity index (χ4v) is 2.35. The van der Waals surface area contributed by atoms with Crippen LogP contribution in [0.3, 0.4) is 0 Å². The Hall–Kier alpha value is -3.09. The Morgan fingerprint density at radius 3 is 2.82 bits per heavy atom. The number of hydrogen-bond donors (Lipinski definition) is 1. The van der Waals surface area contributed by atoms with Gasteiger partial charge in [0.25, 0.3) is 0 Å². The molecular weight excluding hydrogens is 288 g/mol. The first-order chi connectivity index (χ1) is 10.7. The van der Waals surface area contributed by atoms with Gasteiger partial charge in [0.15, 0.2) is 5.69 Å². The van der Waals surface area contributed by atoms with Crippen LogP contribution in [0.25, 0.3) is 10.9 Å². The average molecular weight is 300 g/mol. The van der Waals surface area contributed by atoms with Crippen molar-refractivity contribution >= 4 is 22.6 Å². The number of carbonyl (C=O) groups excluding carboxylic acids is 1. The van der Waals surface area contributed by atoms with E-state index in [0.717, 1.165) is 0 Å². The molecule has 0 saturated carbocycles. The van der Waals surface area contributed by atoms with Gasteiger partial charge in [-0.1, -0.05) is 18.2 Å². The fraction of sp³-hybridized carbons (Fsp3) is 0.133. The summed E-state index contributed by atoms with van der Waals surface area (Å²) in [5, 5.41) is 13.6. The van der Waals surface area contributed by atoms with Gasteiger partial charge in [0, 0.05) is 5.39 Å². The van der Waals surface area contributed by atoms with Gasteiger partial charge >= 0.3 is 5.97 Å². The maximum atomic E-state index is 11.4. The van der Waals surface area contributed by atoms with Crippen molar-refractivity contribution in [2.24, 2.45) is 5.18 Å². The number of methoxy groups -OCH3 is 1. The first-order valence-corrected chi connectivity index (χ1v) is 6.46. The van der Waals surface area contributed by atoms with Crippen molar-refractivity contribution in [1.29, 1.82) is 0 Å². The van der Waals surface area contributed by atoms with Crippen LogP contribution in [0, 0.1) is 4.91 Å². The standard InChI is InChI=1S/C15H12N2O5/c1-21-15(19)12-7-6-9(22-12)8-17-11-5-3-2-4-10(11)13(16-20)14(17)18/h2-7,18H,8H2,1H3. The lowest BCUT2D eigenvalue weighted by atomic mass is 10.2. The molecule has 0 unspecified atom stereocenters.